The van der Waals surface area contributed by atoms with Crippen molar-refractivity contribution >= 4 is 35.5 Å². The molecule has 4 rings (SSSR count). The second kappa shape index (κ2) is 12.6. The number of carbonyl (C=O) groups excluding carboxylic acids is 2. The summed E-state index contributed by atoms with van der Waals surface area (Å²) in [4.78, 5) is 51.0. The Bertz CT molecular complexity index is 1220. The van der Waals surface area contributed by atoms with E-state index >= 15 is 0 Å². The van der Waals surface area contributed by atoms with Gasteiger partial charge in [0.2, 0.25) is 0 Å². The number of ether oxygens (including phenoxy) is 2. The zero-order chi connectivity index (χ0) is 27.9. The topological polar surface area (TPSA) is 168 Å². The zero-order valence-corrected chi connectivity index (χ0v) is 22.5. The van der Waals surface area contributed by atoms with Crippen molar-refractivity contribution in [2.45, 2.75) is 51.5 Å². The van der Waals surface area contributed by atoms with Gasteiger partial charge in [0.1, 0.15) is 29.3 Å². The SMILES string of the molecule is COC(=O)COC(=O)NC(CNc1nc(C)nc(N2CCC(c3ccc4c(n3)NCCC4)CC2)c1C)C(=O)O. The van der Waals surface area contributed by atoms with Crippen molar-refractivity contribution in [3.63, 3.8) is 0 Å². The molecule has 4 N–H and O–H groups in total. The number of hydrogen-bond acceptors (Lipinski definition) is 11. The van der Waals surface area contributed by atoms with Gasteiger partial charge in [-0.1, -0.05) is 6.07 Å². The monoisotopic (exact) mass is 541 g/mol. The first-order chi connectivity index (χ1) is 18.7. The van der Waals surface area contributed by atoms with Gasteiger partial charge in [-0.25, -0.2) is 29.3 Å². The van der Waals surface area contributed by atoms with Crippen molar-refractivity contribution < 1.29 is 29.0 Å². The number of carboxylic acid groups (broad SMARTS) is 1. The summed E-state index contributed by atoms with van der Waals surface area (Å²) in [6, 6.07) is 3.04. The molecule has 2 aromatic heterocycles. The first-order valence-electron chi connectivity index (χ1n) is 13.1. The largest absolute Gasteiger partial charge is 0.480 e. The molecule has 13 nitrogen and oxygen atoms in total. The molecule has 1 amide bonds. The van der Waals surface area contributed by atoms with Gasteiger partial charge in [0, 0.05) is 43.4 Å². The molecule has 0 aliphatic carbocycles. The van der Waals surface area contributed by atoms with Crippen molar-refractivity contribution in [1.82, 2.24) is 20.3 Å². The number of esters is 1. The molecule has 39 heavy (non-hydrogen) atoms. The van der Waals surface area contributed by atoms with Crippen LogP contribution in [0.15, 0.2) is 12.1 Å². The molecule has 1 saturated heterocycles. The van der Waals surface area contributed by atoms with Crippen molar-refractivity contribution in [3.05, 3.63) is 34.8 Å². The number of carbonyl (C=O) groups is 3. The smallest absolute Gasteiger partial charge is 0.408 e. The van der Waals surface area contributed by atoms with Gasteiger partial charge in [-0.2, -0.15) is 0 Å². The fourth-order valence-corrected chi connectivity index (χ4v) is 4.82. The molecular weight excluding hydrogens is 506 g/mol. The van der Waals surface area contributed by atoms with Crippen LogP contribution in [0, 0.1) is 13.8 Å². The number of pyridine rings is 1. The summed E-state index contributed by atoms with van der Waals surface area (Å²) < 4.78 is 9.08. The molecule has 1 unspecified atom stereocenters. The Kier molecular flexibility index (Phi) is 8.99. The second-order valence-electron chi connectivity index (χ2n) is 9.67. The third kappa shape index (κ3) is 7.03. The van der Waals surface area contributed by atoms with Crippen LogP contribution in [0.4, 0.5) is 22.2 Å². The predicted octanol–water partition coefficient (Wildman–Crippen LogP) is 1.99. The van der Waals surface area contributed by atoms with E-state index in [4.69, 9.17) is 4.98 Å². The first kappa shape index (κ1) is 27.9. The summed E-state index contributed by atoms with van der Waals surface area (Å²) in [6.07, 6.45) is 3.04. The van der Waals surface area contributed by atoms with Crippen molar-refractivity contribution in [3.8, 4) is 0 Å². The number of piperidine rings is 1. The molecule has 2 aliphatic rings. The molecule has 1 atom stereocenters. The number of hydrogen-bond donors (Lipinski definition) is 4. The Labute approximate surface area is 226 Å². The number of carboxylic acids is 1. The van der Waals surface area contributed by atoms with Crippen LogP contribution in [0.1, 0.15) is 47.8 Å². The van der Waals surface area contributed by atoms with Crippen LogP contribution in [-0.4, -0.2) is 84.0 Å². The van der Waals surface area contributed by atoms with Crippen LogP contribution in [0.25, 0.3) is 0 Å². The maximum atomic E-state index is 11.9. The Hall–Kier alpha value is -4.16. The number of aryl methyl sites for hydroxylation is 2. The summed E-state index contributed by atoms with van der Waals surface area (Å²) in [5.74, 6) is 1.19. The van der Waals surface area contributed by atoms with Crippen molar-refractivity contribution in [1.29, 1.82) is 0 Å². The van der Waals surface area contributed by atoms with Gasteiger partial charge >= 0.3 is 18.0 Å². The van der Waals surface area contributed by atoms with Gasteiger partial charge in [0.05, 0.1) is 7.11 Å². The van der Waals surface area contributed by atoms with Crippen LogP contribution in [0.3, 0.4) is 0 Å². The lowest BCUT2D eigenvalue weighted by Gasteiger charge is -2.34. The van der Waals surface area contributed by atoms with Gasteiger partial charge in [-0.15, -0.1) is 0 Å². The molecule has 0 saturated carbocycles. The number of nitrogens with zero attached hydrogens (tertiary/aromatic N) is 4. The van der Waals surface area contributed by atoms with Crippen molar-refractivity contribution in [2.75, 3.05) is 55.4 Å². The summed E-state index contributed by atoms with van der Waals surface area (Å²) in [7, 11) is 1.15. The number of rotatable bonds is 9. The van der Waals surface area contributed by atoms with Gasteiger partial charge in [0.25, 0.3) is 0 Å². The molecule has 0 radical (unpaired) electrons. The van der Waals surface area contributed by atoms with E-state index in [1.807, 2.05) is 6.92 Å². The number of amides is 1. The summed E-state index contributed by atoms with van der Waals surface area (Å²) in [6.45, 7) is 5.46. The van der Waals surface area contributed by atoms with Crippen LogP contribution >= 0.6 is 0 Å². The summed E-state index contributed by atoms with van der Waals surface area (Å²) in [5, 5.41) is 18.2. The first-order valence-corrected chi connectivity index (χ1v) is 13.1. The molecule has 4 heterocycles. The molecule has 13 heteroatoms. The summed E-state index contributed by atoms with van der Waals surface area (Å²) in [5.41, 5.74) is 3.19. The maximum absolute atomic E-state index is 11.9. The Morgan fingerprint density at radius 1 is 1.18 bits per heavy atom. The van der Waals surface area contributed by atoms with Gasteiger partial charge < -0.3 is 35.4 Å². The van der Waals surface area contributed by atoms with E-state index < -0.39 is 30.7 Å². The predicted molar refractivity (Wildman–Crippen MR) is 143 cm³/mol. The molecular formula is C26H35N7O6. The van der Waals surface area contributed by atoms with E-state index in [9.17, 15) is 19.5 Å². The Morgan fingerprint density at radius 2 is 1.95 bits per heavy atom. The molecule has 2 aliphatic heterocycles. The third-order valence-corrected chi connectivity index (χ3v) is 6.97. The van der Waals surface area contributed by atoms with E-state index in [1.54, 1.807) is 6.92 Å². The number of fused-ring (bicyclic) bond motifs is 1. The van der Waals surface area contributed by atoms with Crippen LogP contribution < -0.4 is 20.9 Å². The number of alkyl carbamates (subject to hydrolysis) is 1. The highest BCUT2D eigenvalue weighted by Gasteiger charge is 2.27. The quantitative estimate of drug-likeness (QED) is 0.341. The molecule has 210 valence electrons. The van der Waals surface area contributed by atoms with E-state index in [2.05, 4.69) is 52.4 Å². The second-order valence-corrected chi connectivity index (χ2v) is 9.67. The minimum Gasteiger partial charge on any atom is -0.480 e. The lowest BCUT2D eigenvalue weighted by Crippen LogP contribution is -2.46. The highest BCUT2D eigenvalue weighted by atomic mass is 16.6. The lowest BCUT2D eigenvalue weighted by atomic mass is 9.92. The lowest BCUT2D eigenvalue weighted by molar-refractivity contribution is -0.143. The number of aromatic nitrogens is 3. The maximum Gasteiger partial charge on any atom is 0.408 e. The Morgan fingerprint density at radius 3 is 2.67 bits per heavy atom. The van der Waals surface area contributed by atoms with Gasteiger partial charge in [0.15, 0.2) is 6.61 Å². The van der Waals surface area contributed by atoms with Crippen LogP contribution in [0.5, 0.6) is 0 Å². The summed E-state index contributed by atoms with van der Waals surface area (Å²) >= 11 is 0. The molecule has 0 spiro atoms. The number of methoxy groups -OCH3 is 1. The molecule has 0 aromatic carbocycles. The highest BCUT2D eigenvalue weighted by molar-refractivity contribution is 5.82. The third-order valence-electron chi connectivity index (χ3n) is 6.97. The van der Waals surface area contributed by atoms with E-state index in [1.165, 1.54) is 5.56 Å². The minimum atomic E-state index is -1.32. The fraction of sp³-hybridized carbons (Fsp3) is 0.538. The normalized spacial score (nSPS) is 15.9. The highest BCUT2D eigenvalue weighted by Crippen LogP contribution is 2.33. The van der Waals surface area contributed by atoms with E-state index in [0.29, 0.717) is 17.6 Å². The number of anilines is 3. The number of nitrogens with one attached hydrogen (secondary N) is 3. The average Bonchev–Trinajstić information content (AvgIpc) is 2.95. The van der Waals surface area contributed by atoms with Crippen molar-refractivity contribution in [2.24, 2.45) is 0 Å². The van der Waals surface area contributed by atoms with Gasteiger partial charge in [-0.3, -0.25) is 0 Å². The molecule has 2 aromatic rings. The standard InChI is InChI=1S/C26H35N7O6/c1-15-22(28-13-20(25(35)36)32-26(37)39-14-21(34)38-3)29-16(2)30-24(15)33-11-8-17(9-12-33)19-7-6-18-5-4-10-27-23(18)31-19/h6-7,17,20H,4-5,8-14H2,1-3H3,(H,27,31)(H,32,37)(H,35,36)(H,28,29,30). The fourth-order valence-electron chi connectivity index (χ4n) is 4.82. The molecule has 1 fully saturated rings. The zero-order valence-electron chi connectivity index (χ0n) is 22.5. The van der Waals surface area contributed by atoms with Gasteiger partial charge in [-0.05, 0) is 51.2 Å². The minimum absolute atomic E-state index is 0.153. The Balaban J connectivity index is 1.37. The number of aliphatic carboxylic acids is 1. The van der Waals surface area contributed by atoms with E-state index in [0.717, 1.165) is 75.3 Å². The van der Waals surface area contributed by atoms with E-state index in [-0.39, 0.29) is 6.54 Å². The van der Waals surface area contributed by atoms with Crippen LogP contribution in [-0.2, 0) is 25.5 Å². The molecule has 0 bridgehead atoms. The average molecular weight is 542 g/mol. The van der Waals surface area contributed by atoms with Crippen LogP contribution in [0.2, 0.25) is 0 Å².